The van der Waals surface area contributed by atoms with Crippen molar-refractivity contribution in [2.45, 2.75) is 44.9 Å². The van der Waals surface area contributed by atoms with E-state index in [2.05, 4.69) is 9.97 Å². The summed E-state index contributed by atoms with van der Waals surface area (Å²) in [6.07, 6.45) is 3.16. The molecule has 0 fully saturated rings. The van der Waals surface area contributed by atoms with Gasteiger partial charge in [-0.1, -0.05) is 13.8 Å². The standard InChI is InChI=1S/C12H16N2O2/c1-7(2)10-13-6-8-4-5-12(3,11(15)16)9(8)14-10/h6-7H,4-5H2,1-3H3,(H,15,16). The van der Waals surface area contributed by atoms with Gasteiger partial charge in [-0.05, 0) is 25.3 Å². The van der Waals surface area contributed by atoms with Gasteiger partial charge < -0.3 is 5.11 Å². The molecule has 0 aliphatic heterocycles. The number of carboxylic acids is 1. The van der Waals surface area contributed by atoms with Gasteiger partial charge in [-0.25, -0.2) is 9.97 Å². The van der Waals surface area contributed by atoms with E-state index in [1.807, 2.05) is 13.8 Å². The Bertz CT molecular complexity index is 443. The highest BCUT2D eigenvalue weighted by Crippen LogP contribution is 2.37. The molecule has 0 radical (unpaired) electrons. The summed E-state index contributed by atoms with van der Waals surface area (Å²) >= 11 is 0. The van der Waals surface area contributed by atoms with E-state index in [1.165, 1.54) is 0 Å². The minimum atomic E-state index is -0.831. The molecule has 0 amide bonds. The van der Waals surface area contributed by atoms with Gasteiger partial charge in [0, 0.05) is 12.1 Å². The molecule has 4 nitrogen and oxygen atoms in total. The van der Waals surface area contributed by atoms with Crippen molar-refractivity contribution in [1.82, 2.24) is 9.97 Å². The van der Waals surface area contributed by atoms with Gasteiger partial charge in [0.15, 0.2) is 0 Å². The number of aliphatic carboxylic acids is 1. The molecular weight excluding hydrogens is 204 g/mol. The molecule has 0 bridgehead atoms. The van der Waals surface area contributed by atoms with Crippen molar-refractivity contribution >= 4 is 5.97 Å². The molecule has 1 aliphatic carbocycles. The average Bonchev–Trinajstić information content (AvgIpc) is 2.57. The molecule has 1 N–H and O–H groups in total. The highest BCUT2D eigenvalue weighted by atomic mass is 16.4. The number of aryl methyl sites for hydroxylation is 1. The van der Waals surface area contributed by atoms with Gasteiger partial charge in [0.05, 0.1) is 5.69 Å². The number of aromatic nitrogens is 2. The zero-order valence-corrected chi connectivity index (χ0v) is 9.82. The van der Waals surface area contributed by atoms with Crippen LogP contribution in [0.15, 0.2) is 6.20 Å². The van der Waals surface area contributed by atoms with Crippen LogP contribution in [0.4, 0.5) is 0 Å². The predicted octanol–water partition coefficient (Wildman–Crippen LogP) is 1.89. The molecule has 1 atom stereocenters. The van der Waals surface area contributed by atoms with E-state index in [1.54, 1.807) is 13.1 Å². The van der Waals surface area contributed by atoms with Gasteiger partial charge >= 0.3 is 5.97 Å². The van der Waals surface area contributed by atoms with E-state index < -0.39 is 11.4 Å². The molecule has 86 valence electrons. The van der Waals surface area contributed by atoms with Crippen LogP contribution in [0.3, 0.4) is 0 Å². The first kappa shape index (κ1) is 11.0. The molecule has 16 heavy (non-hydrogen) atoms. The Morgan fingerprint density at radius 3 is 2.81 bits per heavy atom. The van der Waals surface area contributed by atoms with Crippen LogP contribution in [-0.2, 0) is 16.6 Å². The van der Waals surface area contributed by atoms with E-state index >= 15 is 0 Å². The highest BCUT2D eigenvalue weighted by Gasteiger charge is 2.43. The molecule has 1 heterocycles. The van der Waals surface area contributed by atoms with Gasteiger partial charge in [0.25, 0.3) is 0 Å². The Hall–Kier alpha value is -1.45. The topological polar surface area (TPSA) is 63.1 Å². The maximum absolute atomic E-state index is 11.3. The number of nitrogens with zero attached hydrogens (tertiary/aromatic N) is 2. The van der Waals surface area contributed by atoms with Gasteiger partial charge in [-0.15, -0.1) is 0 Å². The third-order valence-corrected chi connectivity index (χ3v) is 3.29. The second kappa shape index (κ2) is 3.54. The molecule has 4 heteroatoms. The fourth-order valence-corrected chi connectivity index (χ4v) is 2.07. The second-order valence-electron chi connectivity index (χ2n) is 4.89. The van der Waals surface area contributed by atoms with E-state index in [0.29, 0.717) is 12.1 Å². The average molecular weight is 220 g/mol. The van der Waals surface area contributed by atoms with Crippen molar-refractivity contribution in [2.24, 2.45) is 0 Å². The number of carboxylic acid groups (broad SMARTS) is 1. The summed E-state index contributed by atoms with van der Waals surface area (Å²) < 4.78 is 0. The molecule has 1 unspecified atom stereocenters. The Kier molecular flexibility index (Phi) is 2.45. The molecule has 0 saturated heterocycles. The lowest BCUT2D eigenvalue weighted by molar-refractivity contribution is -0.143. The predicted molar refractivity (Wildman–Crippen MR) is 59.4 cm³/mol. The summed E-state index contributed by atoms with van der Waals surface area (Å²) in [6.45, 7) is 5.77. The van der Waals surface area contributed by atoms with Crippen LogP contribution in [0.2, 0.25) is 0 Å². The van der Waals surface area contributed by atoms with Crippen LogP contribution < -0.4 is 0 Å². The van der Waals surface area contributed by atoms with Gasteiger partial charge in [0.2, 0.25) is 0 Å². The molecule has 0 spiro atoms. The number of hydrogen-bond acceptors (Lipinski definition) is 3. The van der Waals surface area contributed by atoms with Crippen LogP contribution in [0, 0.1) is 0 Å². The fraction of sp³-hybridized carbons (Fsp3) is 0.583. The molecule has 1 aliphatic rings. The van der Waals surface area contributed by atoms with Crippen LogP contribution in [-0.4, -0.2) is 21.0 Å². The largest absolute Gasteiger partial charge is 0.481 e. The number of fused-ring (bicyclic) bond motifs is 1. The summed E-state index contributed by atoms with van der Waals surface area (Å²) in [4.78, 5) is 20.0. The number of carbonyl (C=O) groups is 1. The van der Waals surface area contributed by atoms with Gasteiger partial charge in [0.1, 0.15) is 11.2 Å². The minimum absolute atomic E-state index is 0.226. The zero-order chi connectivity index (χ0) is 11.9. The molecule has 1 aromatic rings. The van der Waals surface area contributed by atoms with Crippen molar-refractivity contribution in [3.63, 3.8) is 0 Å². The maximum Gasteiger partial charge on any atom is 0.315 e. The van der Waals surface area contributed by atoms with Crippen LogP contribution in [0.25, 0.3) is 0 Å². The Morgan fingerprint density at radius 1 is 1.56 bits per heavy atom. The SMILES string of the molecule is CC(C)c1ncc2c(n1)C(C)(C(=O)O)CC2. The van der Waals surface area contributed by atoms with Crippen molar-refractivity contribution in [1.29, 1.82) is 0 Å². The third kappa shape index (κ3) is 1.49. The number of rotatable bonds is 2. The van der Waals surface area contributed by atoms with Crippen LogP contribution in [0.1, 0.15) is 50.2 Å². The quantitative estimate of drug-likeness (QED) is 0.826. The minimum Gasteiger partial charge on any atom is -0.481 e. The van der Waals surface area contributed by atoms with Crippen molar-refractivity contribution < 1.29 is 9.90 Å². The molecule has 0 saturated carbocycles. The maximum atomic E-state index is 11.3. The first-order valence-electron chi connectivity index (χ1n) is 5.55. The van der Waals surface area contributed by atoms with Crippen molar-refractivity contribution in [2.75, 3.05) is 0 Å². The fourth-order valence-electron chi connectivity index (χ4n) is 2.07. The lowest BCUT2D eigenvalue weighted by Crippen LogP contribution is -2.31. The van der Waals surface area contributed by atoms with Gasteiger partial charge in [-0.2, -0.15) is 0 Å². The first-order valence-corrected chi connectivity index (χ1v) is 5.55. The zero-order valence-electron chi connectivity index (χ0n) is 9.82. The lowest BCUT2D eigenvalue weighted by Gasteiger charge is -2.19. The van der Waals surface area contributed by atoms with Crippen LogP contribution in [0.5, 0.6) is 0 Å². The van der Waals surface area contributed by atoms with E-state index in [9.17, 15) is 9.90 Å². The van der Waals surface area contributed by atoms with Crippen LogP contribution >= 0.6 is 0 Å². The summed E-state index contributed by atoms with van der Waals surface area (Å²) in [5.74, 6) is 0.164. The lowest BCUT2D eigenvalue weighted by atomic mass is 9.88. The molecular formula is C12H16N2O2. The summed E-state index contributed by atoms with van der Waals surface area (Å²) in [7, 11) is 0. The second-order valence-corrected chi connectivity index (χ2v) is 4.89. The summed E-state index contributed by atoms with van der Waals surface area (Å²) in [6, 6.07) is 0. The first-order chi connectivity index (χ1) is 7.45. The summed E-state index contributed by atoms with van der Waals surface area (Å²) in [5, 5.41) is 9.29. The Labute approximate surface area is 94.7 Å². The van der Waals surface area contributed by atoms with E-state index in [4.69, 9.17) is 0 Å². The van der Waals surface area contributed by atoms with Crippen molar-refractivity contribution in [3.05, 3.63) is 23.3 Å². The van der Waals surface area contributed by atoms with Crippen molar-refractivity contribution in [3.8, 4) is 0 Å². The molecule has 2 rings (SSSR count). The molecule has 0 aromatic carbocycles. The normalized spacial score (nSPS) is 23.5. The van der Waals surface area contributed by atoms with E-state index in [-0.39, 0.29) is 5.92 Å². The smallest absolute Gasteiger partial charge is 0.315 e. The summed E-state index contributed by atoms with van der Waals surface area (Å²) in [5.41, 5.74) is 0.857. The molecule has 1 aromatic heterocycles. The third-order valence-electron chi connectivity index (χ3n) is 3.29. The number of hydrogen-bond donors (Lipinski definition) is 1. The Balaban J connectivity index is 2.53. The van der Waals surface area contributed by atoms with E-state index in [0.717, 1.165) is 17.8 Å². The Morgan fingerprint density at radius 2 is 2.25 bits per heavy atom. The monoisotopic (exact) mass is 220 g/mol. The van der Waals surface area contributed by atoms with Gasteiger partial charge in [-0.3, -0.25) is 4.79 Å². The highest BCUT2D eigenvalue weighted by molar-refractivity contribution is 5.81.